The van der Waals surface area contributed by atoms with Gasteiger partial charge in [0.2, 0.25) is 0 Å². The van der Waals surface area contributed by atoms with Gasteiger partial charge < -0.3 is 14.4 Å². The van der Waals surface area contributed by atoms with Crippen LogP contribution in [0.2, 0.25) is 5.15 Å². The molecule has 0 aliphatic rings. The van der Waals surface area contributed by atoms with Gasteiger partial charge in [-0.15, -0.1) is 0 Å². The van der Waals surface area contributed by atoms with Gasteiger partial charge in [0.1, 0.15) is 18.1 Å². The van der Waals surface area contributed by atoms with Crippen molar-refractivity contribution in [2.75, 3.05) is 13.7 Å². The van der Waals surface area contributed by atoms with E-state index in [2.05, 4.69) is 30.7 Å². The molecule has 170 valence electrons. The predicted molar refractivity (Wildman–Crippen MR) is 127 cm³/mol. The lowest BCUT2D eigenvalue weighted by Crippen LogP contribution is -2.33. The lowest BCUT2D eigenvalue weighted by Gasteiger charge is -2.30. The molecule has 0 unspecified atom stereocenters. The Kier molecular flexibility index (Phi) is 7.59. The second-order valence-electron chi connectivity index (χ2n) is 9.07. The van der Waals surface area contributed by atoms with E-state index in [-0.39, 0.29) is 12.0 Å². The third-order valence-corrected chi connectivity index (χ3v) is 5.29. The Morgan fingerprint density at radius 1 is 1.09 bits per heavy atom. The Balaban J connectivity index is 1.96. The monoisotopic (exact) mass is 455 g/mol. The molecule has 7 heteroatoms. The van der Waals surface area contributed by atoms with Crippen LogP contribution in [0.1, 0.15) is 32.0 Å². The molecule has 2 aromatic carbocycles. The highest BCUT2D eigenvalue weighted by Crippen LogP contribution is 2.28. The second-order valence-corrected chi connectivity index (χ2v) is 9.43. The summed E-state index contributed by atoms with van der Waals surface area (Å²) in [5.41, 5.74) is 2.71. The van der Waals surface area contributed by atoms with Crippen molar-refractivity contribution in [1.82, 2.24) is 14.5 Å². The molecular formula is C25H30ClN3O3. The molecule has 0 saturated carbocycles. The minimum Gasteiger partial charge on any atom is -0.497 e. The van der Waals surface area contributed by atoms with E-state index in [9.17, 15) is 9.90 Å². The average Bonchev–Trinajstić information content (AvgIpc) is 3.03. The zero-order valence-corrected chi connectivity index (χ0v) is 19.8. The SMILES string of the molecule is COc1ccc(CN(Cc2c(Cl)nc(-c3ccccc3)n2CC(=O)O)CC(C)(C)C)cc1. The smallest absolute Gasteiger partial charge is 0.323 e. The third-order valence-electron chi connectivity index (χ3n) is 4.99. The van der Waals surface area contributed by atoms with E-state index in [1.807, 2.05) is 54.6 Å². The minimum absolute atomic E-state index is 0.0405. The minimum atomic E-state index is -0.935. The first-order chi connectivity index (χ1) is 15.2. The molecule has 0 bridgehead atoms. The second kappa shape index (κ2) is 10.2. The fourth-order valence-corrected chi connectivity index (χ4v) is 4.00. The molecule has 0 aliphatic heterocycles. The van der Waals surface area contributed by atoms with Crippen LogP contribution in [0.3, 0.4) is 0 Å². The van der Waals surface area contributed by atoms with Crippen LogP contribution >= 0.6 is 11.6 Å². The molecule has 0 aliphatic carbocycles. The molecule has 1 aromatic heterocycles. The maximum Gasteiger partial charge on any atom is 0.323 e. The number of carbonyl (C=O) groups is 1. The summed E-state index contributed by atoms with van der Waals surface area (Å²) in [4.78, 5) is 18.5. The van der Waals surface area contributed by atoms with Crippen molar-refractivity contribution in [2.24, 2.45) is 5.41 Å². The van der Waals surface area contributed by atoms with Crippen molar-refractivity contribution in [3.05, 3.63) is 71.0 Å². The first kappa shape index (κ1) is 23.8. The average molecular weight is 456 g/mol. The van der Waals surface area contributed by atoms with Crippen molar-refractivity contribution in [3.8, 4) is 17.1 Å². The van der Waals surface area contributed by atoms with E-state index in [1.165, 1.54) is 0 Å². The van der Waals surface area contributed by atoms with Gasteiger partial charge in [0.15, 0.2) is 5.15 Å². The third kappa shape index (κ3) is 6.34. The van der Waals surface area contributed by atoms with Crippen molar-refractivity contribution < 1.29 is 14.6 Å². The highest BCUT2D eigenvalue weighted by molar-refractivity contribution is 6.30. The molecule has 0 radical (unpaired) electrons. The summed E-state index contributed by atoms with van der Waals surface area (Å²) in [6.07, 6.45) is 0. The van der Waals surface area contributed by atoms with Crippen molar-refractivity contribution in [3.63, 3.8) is 0 Å². The number of hydrogen-bond donors (Lipinski definition) is 1. The van der Waals surface area contributed by atoms with Crippen molar-refractivity contribution in [1.29, 1.82) is 0 Å². The molecule has 0 saturated heterocycles. The van der Waals surface area contributed by atoms with Crippen LogP contribution in [0, 0.1) is 5.41 Å². The molecule has 0 atom stereocenters. The zero-order valence-electron chi connectivity index (χ0n) is 19.0. The van der Waals surface area contributed by atoms with Crippen LogP contribution in [-0.4, -0.2) is 39.2 Å². The molecule has 0 amide bonds. The van der Waals surface area contributed by atoms with Crippen LogP contribution in [0.5, 0.6) is 5.75 Å². The number of carboxylic acid groups (broad SMARTS) is 1. The quantitative estimate of drug-likeness (QED) is 0.471. The molecule has 3 aromatic rings. The number of carboxylic acids is 1. The number of ether oxygens (including phenoxy) is 1. The van der Waals surface area contributed by atoms with Gasteiger partial charge in [-0.25, -0.2) is 4.98 Å². The predicted octanol–water partition coefficient (Wildman–Crippen LogP) is 5.35. The molecule has 3 rings (SSSR count). The van der Waals surface area contributed by atoms with Crippen LogP contribution < -0.4 is 4.74 Å². The Morgan fingerprint density at radius 2 is 1.75 bits per heavy atom. The Morgan fingerprint density at radius 3 is 2.31 bits per heavy atom. The molecule has 0 fully saturated rings. The number of benzene rings is 2. The molecule has 1 heterocycles. The number of nitrogens with zero attached hydrogens (tertiary/aromatic N) is 3. The number of hydrogen-bond acceptors (Lipinski definition) is 4. The fourth-order valence-electron chi connectivity index (χ4n) is 3.76. The van der Waals surface area contributed by atoms with E-state index in [0.717, 1.165) is 23.4 Å². The van der Waals surface area contributed by atoms with E-state index in [1.54, 1.807) is 11.7 Å². The van der Waals surface area contributed by atoms with Gasteiger partial charge in [-0.2, -0.15) is 0 Å². The molecular weight excluding hydrogens is 426 g/mol. The largest absolute Gasteiger partial charge is 0.497 e. The Hall–Kier alpha value is -2.83. The molecule has 6 nitrogen and oxygen atoms in total. The topological polar surface area (TPSA) is 67.6 Å². The lowest BCUT2D eigenvalue weighted by molar-refractivity contribution is -0.137. The normalized spacial score (nSPS) is 11.7. The standard InChI is InChI=1S/C25H30ClN3O3/c1-25(2,3)17-28(14-18-10-12-20(32-4)13-11-18)15-21-23(26)27-24(29(21)16-22(30)31)19-8-6-5-7-9-19/h5-13H,14-17H2,1-4H3,(H,30,31). The van der Waals surface area contributed by atoms with Gasteiger partial charge in [-0.1, -0.05) is 74.8 Å². The van der Waals surface area contributed by atoms with Crippen molar-refractivity contribution in [2.45, 2.75) is 40.4 Å². The summed E-state index contributed by atoms with van der Waals surface area (Å²) in [6.45, 7) is 8.31. The highest BCUT2D eigenvalue weighted by atomic mass is 35.5. The maximum atomic E-state index is 11.7. The number of methoxy groups -OCH3 is 1. The van der Waals surface area contributed by atoms with Crippen molar-refractivity contribution >= 4 is 17.6 Å². The summed E-state index contributed by atoms with van der Waals surface area (Å²) in [5.74, 6) is 0.439. The lowest BCUT2D eigenvalue weighted by atomic mass is 9.95. The molecule has 1 N–H and O–H groups in total. The van der Waals surface area contributed by atoms with E-state index in [4.69, 9.17) is 16.3 Å². The van der Waals surface area contributed by atoms with Crippen LogP contribution in [-0.2, 0) is 24.4 Å². The molecule has 32 heavy (non-hydrogen) atoms. The van der Waals surface area contributed by atoms with Gasteiger partial charge in [-0.05, 0) is 23.1 Å². The number of halogens is 1. The van der Waals surface area contributed by atoms with Crippen LogP contribution in [0.15, 0.2) is 54.6 Å². The van der Waals surface area contributed by atoms with Crippen LogP contribution in [0.4, 0.5) is 0 Å². The summed E-state index contributed by atoms with van der Waals surface area (Å²) < 4.78 is 6.98. The Bertz CT molecular complexity index is 1040. The van der Waals surface area contributed by atoms with Crippen LogP contribution in [0.25, 0.3) is 11.4 Å². The summed E-state index contributed by atoms with van der Waals surface area (Å²) in [5, 5.41) is 9.89. The van der Waals surface area contributed by atoms with E-state index < -0.39 is 5.97 Å². The first-order valence-corrected chi connectivity index (χ1v) is 10.9. The number of aromatic nitrogens is 2. The number of aliphatic carboxylic acids is 1. The summed E-state index contributed by atoms with van der Waals surface area (Å²) in [6, 6.07) is 17.5. The highest BCUT2D eigenvalue weighted by Gasteiger charge is 2.24. The maximum absolute atomic E-state index is 11.7. The van der Waals surface area contributed by atoms with Gasteiger partial charge in [0.05, 0.1) is 12.8 Å². The van der Waals surface area contributed by atoms with Gasteiger partial charge in [0.25, 0.3) is 0 Å². The fraction of sp³-hybridized carbons (Fsp3) is 0.360. The Labute approximate surface area is 194 Å². The van der Waals surface area contributed by atoms with E-state index in [0.29, 0.717) is 29.8 Å². The van der Waals surface area contributed by atoms with E-state index >= 15 is 0 Å². The van der Waals surface area contributed by atoms with Gasteiger partial charge in [-0.3, -0.25) is 9.69 Å². The summed E-state index contributed by atoms with van der Waals surface area (Å²) >= 11 is 6.57. The number of imidazole rings is 1. The summed E-state index contributed by atoms with van der Waals surface area (Å²) in [7, 11) is 1.65. The number of rotatable bonds is 9. The first-order valence-electron chi connectivity index (χ1n) is 10.5. The van der Waals surface area contributed by atoms with Gasteiger partial charge >= 0.3 is 5.97 Å². The van der Waals surface area contributed by atoms with Gasteiger partial charge in [0, 0.05) is 25.2 Å². The molecule has 0 spiro atoms. The zero-order chi connectivity index (χ0) is 23.3.